The average Bonchev–Trinajstić information content (AvgIpc) is 3.12. The highest BCUT2D eigenvalue weighted by molar-refractivity contribution is 5.77. The van der Waals surface area contributed by atoms with Crippen LogP contribution in [0, 0.1) is 6.92 Å². The Morgan fingerprint density at radius 2 is 2.00 bits per heavy atom. The summed E-state index contributed by atoms with van der Waals surface area (Å²) >= 11 is 0. The van der Waals surface area contributed by atoms with Gasteiger partial charge in [-0.3, -0.25) is 4.79 Å². The van der Waals surface area contributed by atoms with Crippen molar-refractivity contribution in [3.8, 4) is 11.5 Å². The first-order valence-corrected chi connectivity index (χ1v) is 8.50. The molecule has 0 saturated carbocycles. The molecule has 1 fully saturated rings. The van der Waals surface area contributed by atoms with Gasteiger partial charge in [0.05, 0.1) is 27.4 Å². The molecule has 8 heteroatoms. The number of amides is 1. The van der Waals surface area contributed by atoms with Crippen LogP contribution in [-0.4, -0.2) is 54.9 Å². The van der Waals surface area contributed by atoms with Crippen LogP contribution < -0.4 is 9.47 Å². The van der Waals surface area contributed by atoms with Gasteiger partial charge in [0.2, 0.25) is 5.91 Å². The topological polar surface area (TPSA) is 86.9 Å². The van der Waals surface area contributed by atoms with Crippen LogP contribution in [0.25, 0.3) is 0 Å². The molecule has 1 atom stereocenters. The maximum atomic E-state index is 12.8. The molecule has 0 spiro atoms. The molecule has 0 unspecified atom stereocenters. The lowest BCUT2D eigenvalue weighted by atomic mass is 10.1. The van der Waals surface area contributed by atoms with Crippen molar-refractivity contribution in [1.29, 1.82) is 0 Å². The molecule has 1 saturated heterocycles. The van der Waals surface area contributed by atoms with Gasteiger partial charge < -0.3 is 23.6 Å². The first-order valence-electron chi connectivity index (χ1n) is 8.50. The molecule has 0 aliphatic carbocycles. The fourth-order valence-electron chi connectivity index (χ4n) is 2.96. The molecule has 0 N–H and O–H groups in total. The van der Waals surface area contributed by atoms with Crippen LogP contribution >= 0.6 is 0 Å². The van der Waals surface area contributed by atoms with Gasteiger partial charge >= 0.3 is 0 Å². The van der Waals surface area contributed by atoms with Crippen LogP contribution in [0.15, 0.2) is 22.7 Å². The summed E-state index contributed by atoms with van der Waals surface area (Å²) in [5.74, 6) is 2.39. The van der Waals surface area contributed by atoms with E-state index in [1.165, 1.54) is 0 Å². The van der Waals surface area contributed by atoms with E-state index in [4.69, 9.17) is 18.7 Å². The maximum absolute atomic E-state index is 12.8. The molecule has 2 heterocycles. The third-order valence-electron chi connectivity index (χ3n) is 4.32. The molecule has 0 radical (unpaired) electrons. The minimum Gasteiger partial charge on any atom is -0.497 e. The van der Waals surface area contributed by atoms with Gasteiger partial charge in [-0.2, -0.15) is 4.98 Å². The number of aryl methyl sites for hydroxylation is 2. The highest BCUT2D eigenvalue weighted by Crippen LogP contribution is 2.26. The highest BCUT2D eigenvalue weighted by Gasteiger charge is 2.32. The van der Waals surface area contributed by atoms with Crippen LogP contribution in [0.3, 0.4) is 0 Å². The van der Waals surface area contributed by atoms with Gasteiger partial charge in [-0.25, -0.2) is 0 Å². The van der Waals surface area contributed by atoms with Crippen LogP contribution in [0.5, 0.6) is 11.5 Å². The Balaban J connectivity index is 1.68. The predicted molar refractivity (Wildman–Crippen MR) is 92.2 cm³/mol. The molecule has 1 aliphatic rings. The largest absolute Gasteiger partial charge is 0.497 e. The molecule has 26 heavy (non-hydrogen) atoms. The second-order valence-corrected chi connectivity index (χ2v) is 6.08. The second-order valence-electron chi connectivity index (χ2n) is 6.08. The number of ether oxygens (including phenoxy) is 3. The van der Waals surface area contributed by atoms with E-state index >= 15 is 0 Å². The van der Waals surface area contributed by atoms with Gasteiger partial charge in [-0.1, -0.05) is 5.16 Å². The van der Waals surface area contributed by atoms with Crippen LogP contribution in [0.1, 0.15) is 29.7 Å². The molecular formula is C18H23N3O5. The number of benzene rings is 1. The molecule has 8 nitrogen and oxygen atoms in total. The summed E-state index contributed by atoms with van der Waals surface area (Å²) in [5, 5.41) is 3.81. The molecule has 1 aromatic heterocycles. The van der Waals surface area contributed by atoms with Gasteiger partial charge in [0.15, 0.2) is 5.82 Å². The second kappa shape index (κ2) is 8.18. The minimum atomic E-state index is -0.336. The highest BCUT2D eigenvalue weighted by atomic mass is 16.5. The van der Waals surface area contributed by atoms with Gasteiger partial charge in [-0.05, 0) is 31.0 Å². The third-order valence-corrected chi connectivity index (χ3v) is 4.32. The summed E-state index contributed by atoms with van der Waals surface area (Å²) in [4.78, 5) is 18.8. The van der Waals surface area contributed by atoms with E-state index in [9.17, 15) is 4.79 Å². The van der Waals surface area contributed by atoms with E-state index in [2.05, 4.69) is 10.1 Å². The van der Waals surface area contributed by atoms with E-state index in [0.29, 0.717) is 55.8 Å². The van der Waals surface area contributed by atoms with Gasteiger partial charge in [-0.15, -0.1) is 0 Å². The lowest BCUT2D eigenvalue weighted by molar-refractivity contribution is -0.141. The number of aromatic nitrogens is 2. The Morgan fingerprint density at radius 1 is 1.27 bits per heavy atom. The zero-order valence-electron chi connectivity index (χ0n) is 15.2. The number of morpholine rings is 1. The van der Waals surface area contributed by atoms with Gasteiger partial charge in [0.1, 0.15) is 17.5 Å². The number of hydrogen-bond donors (Lipinski definition) is 0. The summed E-state index contributed by atoms with van der Waals surface area (Å²) < 4.78 is 21.3. The predicted octanol–water partition coefficient (Wildman–Crippen LogP) is 1.93. The normalized spacial score (nSPS) is 17.2. The summed E-state index contributed by atoms with van der Waals surface area (Å²) in [7, 11) is 3.21. The average molecular weight is 361 g/mol. The van der Waals surface area contributed by atoms with Crippen molar-refractivity contribution in [3.05, 3.63) is 35.5 Å². The quantitative estimate of drug-likeness (QED) is 0.777. The van der Waals surface area contributed by atoms with Gasteiger partial charge in [0, 0.05) is 19.0 Å². The fourth-order valence-corrected chi connectivity index (χ4v) is 2.96. The van der Waals surface area contributed by atoms with Crippen LogP contribution in [-0.2, 0) is 16.0 Å². The molecule has 2 aromatic rings. The molecule has 1 aromatic carbocycles. The number of rotatable bonds is 6. The van der Waals surface area contributed by atoms with E-state index in [-0.39, 0.29) is 11.9 Å². The fraction of sp³-hybridized carbons (Fsp3) is 0.500. The molecule has 140 valence electrons. The maximum Gasteiger partial charge on any atom is 0.251 e. The molecule has 0 bridgehead atoms. The lowest BCUT2D eigenvalue weighted by Gasteiger charge is -2.33. The number of hydrogen-bond acceptors (Lipinski definition) is 7. The van der Waals surface area contributed by atoms with Crippen molar-refractivity contribution in [2.75, 3.05) is 34.0 Å². The standard InChI is InChI=1S/C18H23N3O5/c1-12-19-18(26-20-12)16-11-25-7-6-21(16)17(22)5-4-13-8-14(23-2)10-15(9-13)24-3/h8-10,16H,4-7,11H2,1-3H3/t16-/m1/s1. The zero-order chi connectivity index (χ0) is 18.5. The van der Waals surface area contributed by atoms with Gasteiger partial charge in [0.25, 0.3) is 5.89 Å². The van der Waals surface area contributed by atoms with Crippen molar-refractivity contribution < 1.29 is 23.5 Å². The van der Waals surface area contributed by atoms with Crippen molar-refractivity contribution in [1.82, 2.24) is 15.0 Å². The molecule has 1 aliphatic heterocycles. The first kappa shape index (κ1) is 18.2. The first-order chi connectivity index (χ1) is 12.6. The number of methoxy groups -OCH3 is 2. The van der Waals surface area contributed by atoms with Crippen LogP contribution in [0.4, 0.5) is 0 Å². The zero-order valence-corrected chi connectivity index (χ0v) is 15.2. The summed E-state index contributed by atoms with van der Waals surface area (Å²) in [5.41, 5.74) is 0.980. The smallest absolute Gasteiger partial charge is 0.251 e. The van der Waals surface area contributed by atoms with Crippen molar-refractivity contribution >= 4 is 5.91 Å². The Labute approximate surface area is 152 Å². The third kappa shape index (κ3) is 4.13. The Morgan fingerprint density at radius 3 is 2.62 bits per heavy atom. The number of nitrogens with zero attached hydrogens (tertiary/aromatic N) is 3. The Bertz CT molecular complexity index is 739. The number of carbonyl (C=O) groups is 1. The van der Waals surface area contributed by atoms with Crippen molar-refractivity contribution in [2.24, 2.45) is 0 Å². The number of carbonyl (C=O) groups excluding carboxylic acids is 1. The SMILES string of the molecule is COc1cc(CCC(=O)N2CCOC[C@@H]2c2nc(C)no2)cc(OC)c1. The Hall–Kier alpha value is -2.61. The van der Waals surface area contributed by atoms with E-state index in [1.54, 1.807) is 32.1 Å². The minimum absolute atomic E-state index is 0.0240. The lowest BCUT2D eigenvalue weighted by Crippen LogP contribution is -2.43. The van der Waals surface area contributed by atoms with E-state index in [1.807, 2.05) is 12.1 Å². The summed E-state index contributed by atoms with van der Waals surface area (Å²) in [6.45, 7) is 3.12. The van der Waals surface area contributed by atoms with Crippen LogP contribution in [0.2, 0.25) is 0 Å². The van der Waals surface area contributed by atoms with E-state index in [0.717, 1.165) is 5.56 Å². The van der Waals surface area contributed by atoms with Crippen molar-refractivity contribution in [3.63, 3.8) is 0 Å². The van der Waals surface area contributed by atoms with E-state index < -0.39 is 0 Å². The monoisotopic (exact) mass is 361 g/mol. The summed E-state index contributed by atoms with van der Waals surface area (Å²) in [6, 6.07) is 5.29. The van der Waals surface area contributed by atoms with Crippen molar-refractivity contribution in [2.45, 2.75) is 25.8 Å². The molecule has 3 rings (SSSR count). The molecule has 1 amide bonds. The molecular weight excluding hydrogens is 338 g/mol. The summed E-state index contributed by atoms with van der Waals surface area (Å²) in [6.07, 6.45) is 0.944. The Kier molecular flexibility index (Phi) is 5.72.